The monoisotopic (exact) mass is 331 g/mol. The van der Waals surface area contributed by atoms with Crippen LogP contribution < -0.4 is 9.64 Å². The number of pyridine rings is 1. The number of anilines is 1. The minimum Gasteiger partial charge on any atom is -0.494 e. The van der Waals surface area contributed by atoms with Crippen molar-refractivity contribution in [2.45, 2.75) is 25.0 Å². The number of halogens is 2. The van der Waals surface area contributed by atoms with E-state index in [4.69, 9.17) is 4.74 Å². The summed E-state index contributed by atoms with van der Waals surface area (Å²) in [5, 5.41) is 0. The maximum atomic E-state index is 13.8. The van der Waals surface area contributed by atoms with Gasteiger partial charge in [0.1, 0.15) is 0 Å². The van der Waals surface area contributed by atoms with Crippen LogP contribution in [0.2, 0.25) is 0 Å². The number of hydrogen-bond donors (Lipinski definition) is 0. The van der Waals surface area contributed by atoms with Crippen LogP contribution in [-0.4, -0.2) is 42.2 Å². The highest BCUT2D eigenvalue weighted by atomic mass is 19.1. The molecule has 4 nitrogen and oxygen atoms in total. The van der Waals surface area contributed by atoms with E-state index in [-0.39, 0.29) is 11.6 Å². The van der Waals surface area contributed by atoms with Crippen LogP contribution in [0, 0.1) is 11.8 Å². The summed E-state index contributed by atoms with van der Waals surface area (Å²) in [5.74, 6) is -0.500. The summed E-state index contributed by atoms with van der Waals surface area (Å²) in [6.07, 6.45) is 2.64. The van der Waals surface area contributed by atoms with Gasteiger partial charge in [0.2, 0.25) is 5.95 Å². The number of aromatic nitrogens is 1. The van der Waals surface area contributed by atoms with Gasteiger partial charge in [0.25, 0.3) is 0 Å². The Morgan fingerprint density at radius 1 is 1.17 bits per heavy atom. The smallest absolute Gasteiger partial charge is 0.214 e. The van der Waals surface area contributed by atoms with Gasteiger partial charge in [-0.3, -0.25) is 4.90 Å². The molecule has 2 bridgehead atoms. The quantitative estimate of drug-likeness (QED) is 0.806. The van der Waals surface area contributed by atoms with Crippen molar-refractivity contribution in [3.05, 3.63) is 53.9 Å². The zero-order chi connectivity index (χ0) is 16.7. The van der Waals surface area contributed by atoms with E-state index in [1.165, 1.54) is 19.4 Å². The largest absolute Gasteiger partial charge is 0.494 e. The normalized spacial score (nSPS) is 23.0. The summed E-state index contributed by atoms with van der Waals surface area (Å²) in [6.45, 7) is 2.45. The highest BCUT2D eigenvalue weighted by Crippen LogP contribution is 2.36. The third-order valence-corrected chi connectivity index (χ3v) is 5.00. The molecule has 3 saturated heterocycles. The first kappa shape index (κ1) is 15.3. The highest BCUT2D eigenvalue weighted by Gasteiger charge is 2.44. The summed E-state index contributed by atoms with van der Waals surface area (Å²) in [4.78, 5) is 8.21. The fraction of sp³-hybridized carbons (Fsp3) is 0.389. The molecular formula is C18H19F2N3O. The van der Waals surface area contributed by atoms with Crippen molar-refractivity contribution in [1.29, 1.82) is 0 Å². The Balaban J connectivity index is 1.43. The molecule has 0 amide bonds. The molecule has 6 heteroatoms. The van der Waals surface area contributed by atoms with E-state index in [0.717, 1.165) is 37.3 Å². The average Bonchev–Trinajstić information content (AvgIpc) is 2.60. The molecule has 2 atom stereocenters. The maximum absolute atomic E-state index is 13.8. The number of hydrogen-bond acceptors (Lipinski definition) is 4. The Labute approximate surface area is 139 Å². The topological polar surface area (TPSA) is 28.6 Å². The number of piperidine rings is 1. The SMILES string of the molecule is COc1ccc(CN2C3CC2CN(c2ccnc(F)c2)C3)cc1F. The first-order valence-electron chi connectivity index (χ1n) is 8.08. The minimum atomic E-state index is -0.447. The van der Waals surface area contributed by atoms with Crippen LogP contribution in [0.5, 0.6) is 5.75 Å². The fourth-order valence-corrected chi connectivity index (χ4v) is 3.76. The molecular weight excluding hydrogens is 312 g/mol. The van der Waals surface area contributed by atoms with Gasteiger partial charge in [-0.15, -0.1) is 0 Å². The Hall–Kier alpha value is -2.21. The lowest BCUT2D eigenvalue weighted by atomic mass is 9.86. The van der Waals surface area contributed by atoms with E-state index in [9.17, 15) is 8.78 Å². The molecule has 3 aliphatic heterocycles. The molecule has 3 fully saturated rings. The van der Waals surface area contributed by atoms with Crippen LogP contribution in [0.15, 0.2) is 36.5 Å². The van der Waals surface area contributed by atoms with Crippen molar-refractivity contribution in [3.63, 3.8) is 0 Å². The number of rotatable bonds is 4. The predicted molar refractivity (Wildman–Crippen MR) is 87.1 cm³/mol. The first-order valence-corrected chi connectivity index (χ1v) is 8.08. The van der Waals surface area contributed by atoms with Gasteiger partial charge in [-0.2, -0.15) is 4.39 Å². The van der Waals surface area contributed by atoms with Crippen molar-refractivity contribution in [2.75, 3.05) is 25.1 Å². The number of methoxy groups -OCH3 is 1. The molecule has 5 rings (SSSR count). The van der Waals surface area contributed by atoms with Crippen LogP contribution in [-0.2, 0) is 6.54 Å². The van der Waals surface area contributed by atoms with Crippen LogP contribution >= 0.6 is 0 Å². The van der Waals surface area contributed by atoms with Gasteiger partial charge in [0.05, 0.1) is 7.11 Å². The van der Waals surface area contributed by atoms with Gasteiger partial charge >= 0.3 is 0 Å². The molecule has 3 aliphatic rings. The summed E-state index contributed by atoms with van der Waals surface area (Å²) in [5.41, 5.74) is 1.83. The lowest BCUT2D eigenvalue weighted by molar-refractivity contribution is -0.00852. The van der Waals surface area contributed by atoms with E-state index >= 15 is 0 Å². The fourth-order valence-electron chi connectivity index (χ4n) is 3.76. The van der Waals surface area contributed by atoms with E-state index < -0.39 is 5.95 Å². The molecule has 2 unspecified atom stereocenters. The number of piperazine rings is 1. The summed E-state index contributed by atoms with van der Waals surface area (Å²) >= 11 is 0. The van der Waals surface area contributed by atoms with Crippen molar-refractivity contribution in [1.82, 2.24) is 9.88 Å². The van der Waals surface area contributed by atoms with E-state index in [2.05, 4.69) is 14.8 Å². The van der Waals surface area contributed by atoms with E-state index in [0.29, 0.717) is 12.1 Å². The van der Waals surface area contributed by atoms with E-state index in [1.54, 1.807) is 12.1 Å². The van der Waals surface area contributed by atoms with Crippen LogP contribution in [0.4, 0.5) is 14.5 Å². The molecule has 126 valence electrons. The number of nitrogens with zero attached hydrogens (tertiary/aromatic N) is 3. The van der Waals surface area contributed by atoms with Crippen molar-refractivity contribution < 1.29 is 13.5 Å². The lowest BCUT2D eigenvalue weighted by Gasteiger charge is -2.57. The summed E-state index contributed by atoms with van der Waals surface area (Å²) in [7, 11) is 1.47. The second-order valence-electron chi connectivity index (χ2n) is 6.43. The third kappa shape index (κ3) is 2.71. The Morgan fingerprint density at radius 3 is 2.62 bits per heavy atom. The molecule has 24 heavy (non-hydrogen) atoms. The maximum Gasteiger partial charge on any atom is 0.214 e. The summed E-state index contributed by atoms with van der Waals surface area (Å²) < 4.78 is 32.1. The first-order chi connectivity index (χ1) is 11.6. The van der Waals surface area contributed by atoms with Gasteiger partial charge in [-0.05, 0) is 30.2 Å². The number of ether oxygens (including phenoxy) is 1. The zero-order valence-corrected chi connectivity index (χ0v) is 13.5. The average molecular weight is 331 g/mol. The third-order valence-electron chi connectivity index (χ3n) is 5.00. The van der Waals surface area contributed by atoms with Crippen LogP contribution in [0.3, 0.4) is 0 Å². The van der Waals surface area contributed by atoms with Crippen molar-refractivity contribution in [3.8, 4) is 5.75 Å². The van der Waals surface area contributed by atoms with E-state index in [1.807, 2.05) is 12.1 Å². The Morgan fingerprint density at radius 2 is 1.96 bits per heavy atom. The van der Waals surface area contributed by atoms with Gasteiger partial charge in [0.15, 0.2) is 11.6 Å². The Kier molecular flexibility index (Phi) is 3.84. The zero-order valence-electron chi connectivity index (χ0n) is 13.5. The van der Waals surface area contributed by atoms with Crippen LogP contribution in [0.1, 0.15) is 12.0 Å². The molecule has 0 spiro atoms. The molecule has 4 heterocycles. The molecule has 0 N–H and O–H groups in total. The molecule has 1 aromatic carbocycles. The molecule has 0 aliphatic carbocycles. The Bertz CT molecular complexity index is 743. The van der Waals surface area contributed by atoms with Gasteiger partial charge < -0.3 is 9.64 Å². The summed E-state index contributed by atoms with van der Waals surface area (Å²) in [6, 6.07) is 9.29. The number of fused-ring (bicyclic) bond motifs is 2. The van der Waals surface area contributed by atoms with Gasteiger partial charge in [0, 0.05) is 49.7 Å². The van der Waals surface area contributed by atoms with Crippen molar-refractivity contribution >= 4 is 5.69 Å². The molecule has 0 radical (unpaired) electrons. The van der Waals surface area contributed by atoms with Crippen LogP contribution in [0.25, 0.3) is 0 Å². The highest BCUT2D eigenvalue weighted by molar-refractivity contribution is 5.47. The number of benzene rings is 1. The predicted octanol–water partition coefficient (Wildman–Crippen LogP) is 2.83. The molecule has 2 aromatic rings. The molecule has 0 saturated carbocycles. The van der Waals surface area contributed by atoms with Gasteiger partial charge in [-0.1, -0.05) is 6.07 Å². The second kappa shape index (κ2) is 6.02. The standard InChI is InChI=1S/C18H19F2N3O/c1-24-17-3-2-12(6-16(17)19)9-23-14-7-15(23)11-22(10-14)13-4-5-21-18(20)8-13/h2-6,8,14-15H,7,9-11H2,1H3. The minimum absolute atomic E-state index is 0.272. The second-order valence-corrected chi connectivity index (χ2v) is 6.43. The van der Waals surface area contributed by atoms with Gasteiger partial charge in [-0.25, -0.2) is 9.37 Å². The molecule has 1 aromatic heterocycles. The van der Waals surface area contributed by atoms with Crippen molar-refractivity contribution in [2.24, 2.45) is 0 Å². The lowest BCUT2D eigenvalue weighted by Crippen LogP contribution is -2.68.